The van der Waals surface area contributed by atoms with Gasteiger partial charge in [0.2, 0.25) is 30.1 Å². The van der Waals surface area contributed by atoms with E-state index in [4.69, 9.17) is 17.4 Å². The largest absolute Gasteiger partial charge is 0.339 e. The van der Waals surface area contributed by atoms with Gasteiger partial charge in [-0.1, -0.05) is 70.5 Å². The quantitative estimate of drug-likeness (QED) is 0.0486. The molecule has 28 heteroatoms. The van der Waals surface area contributed by atoms with Gasteiger partial charge in [0, 0.05) is 209 Å². The van der Waals surface area contributed by atoms with Crippen LogP contribution >= 0.6 is 0 Å². The highest BCUT2D eigenvalue weighted by Crippen LogP contribution is 2.33. The number of amides is 3. The first kappa shape index (κ1) is 81.5. The number of likely N-dealkylation sites (tertiary alicyclic amines) is 2. The third-order valence-electron chi connectivity index (χ3n) is 21.0. The van der Waals surface area contributed by atoms with Crippen molar-refractivity contribution >= 4 is 80.0 Å². The van der Waals surface area contributed by atoms with Crippen LogP contribution in [0, 0.1) is 17.8 Å². The van der Waals surface area contributed by atoms with E-state index in [2.05, 4.69) is 62.8 Å². The van der Waals surface area contributed by atoms with Crippen LogP contribution in [0.25, 0.3) is 32.3 Å². The van der Waals surface area contributed by atoms with E-state index in [0.717, 1.165) is 166 Å². The van der Waals surface area contributed by atoms with Gasteiger partial charge in [0.15, 0.2) is 0 Å². The van der Waals surface area contributed by atoms with E-state index in [1.807, 2.05) is 54.2 Å². The molecule has 568 valence electrons. The fourth-order valence-electron chi connectivity index (χ4n) is 14.5. The maximum Gasteiger partial charge on any atom is 0.321 e. The molecule has 3 amide bonds. The smallest absolute Gasteiger partial charge is 0.321 e. The third-order valence-corrected chi connectivity index (χ3v) is 26.9. The first-order valence-electron chi connectivity index (χ1n) is 37.0. The first-order chi connectivity index (χ1) is 50.4. The van der Waals surface area contributed by atoms with E-state index in [1.54, 1.807) is 159 Å². The molecule has 8 aromatic rings. The van der Waals surface area contributed by atoms with E-state index < -0.39 is 30.1 Å². The summed E-state index contributed by atoms with van der Waals surface area (Å²) in [5, 5.41) is 11.2. The van der Waals surface area contributed by atoms with Crippen molar-refractivity contribution in [3.05, 3.63) is 165 Å². The Kier molecular flexibility index (Phi) is 30.1. The average molecular weight is 1500 g/mol. The Morgan fingerprint density at radius 1 is 0.476 bits per heavy atom. The summed E-state index contributed by atoms with van der Waals surface area (Å²) in [6.07, 6.45) is 28.8. The van der Waals surface area contributed by atoms with Crippen LogP contribution in [-0.4, -0.2) is 217 Å². The molecule has 0 spiro atoms. The lowest BCUT2D eigenvalue weighted by atomic mass is 9.87. The molecular weight excluding hydrogens is 1390 g/mol. The second kappa shape index (κ2) is 38.8. The van der Waals surface area contributed by atoms with Crippen molar-refractivity contribution in [3.8, 4) is 0 Å². The maximum absolute atomic E-state index is 13.1. The fourth-order valence-corrected chi connectivity index (χ4v) is 19.6. The zero-order valence-electron chi connectivity index (χ0n) is 62.1. The number of hydrazine groups is 2. The number of aromatic nitrogens is 5. The van der Waals surface area contributed by atoms with Crippen molar-refractivity contribution in [2.24, 2.45) is 35.2 Å². The molecule has 5 aromatic heterocycles. The maximum atomic E-state index is 13.1. The molecule has 3 aromatic carbocycles. The number of piperidine rings is 5. The summed E-state index contributed by atoms with van der Waals surface area (Å²) in [5.41, 5.74) is 7.74. The Labute approximate surface area is 622 Å². The molecule has 25 nitrogen and oxygen atoms in total. The summed E-state index contributed by atoms with van der Waals surface area (Å²) in [4.78, 5) is 51.3. The van der Waals surface area contributed by atoms with Crippen molar-refractivity contribution < 1.29 is 34.8 Å². The van der Waals surface area contributed by atoms with Crippen molar-refractivity contribution in [2.45, 2.75) is 150 Å². The lowest BCUT2D eigenvalue weighted by Gasteiger charge is -2.35. The predicted molar refractivity (Wildman–Crippen MR) is 416 cm³/mol. The summed E-state index contributed by atoms with van der Waals surface area (Å²) >= 11 is 0. The molecule has 5 aliphatic rings. The summed E-state index contributed by atoms with van der Waals surface area (Å²) in [5.74, 6) is 13.8. The van der Waals surface area contributed by atoms with Crippen LogP contribution in [0.4, 0.5) is 10.5 Å². The highest BCUT2D eigenvalue weighted by molar-refractivity contribution is 7.90. The number of benzene rings is 3. The third kappa shape index (κ3) is 21.6. The number of urea groups is 1. The second-order valence-electron chi connectivity index (χ2n) is 28.4. The monoisotopic (exact) mass is 1500 g/mol. The van der Waals surface area contributed by atoms with Crippen molar-refractivity contribution in [1.82, 2.24) is 62.6 Å². The molecule has 13 rings (SSSR count). The number of pyridine rings is 5. The SMILES string of the molecule is CC(C)C1CCN(C(=O)Nc2ccncc2)CC1.CCCC(N)C1CCN(S(=O)(=O)c2cccc3cnccc23)CC1.CCCN(N)C1CCN(S(=O)(=O)c2cccc3cnccc23)CC1.CN(C)C1CCN(S(=O)(=O)c2cccc3cnccc23)CC1.CN(N)C1CCN(C(=O)c2ccncc2)CC1. The van der Waals surface area contributed by atoms with E-state index in [1.165, 1.54) is 0 Å². The molecule has 0 bridgehead atoms. The Morgan fingerprint density at radius 2 is 0.857 bits per heavy atom. The number of carbonyl (C=O) groups is 2. The van der Waals surface area contributed by atoms with Crippen molar-refractivity contribution in [3.63, 3.8) is 0 Å². The number of nitrogens with two attached hydrogens (primary N) is 3. The molecule has 0 aliphatic carbocycles. The van der Waals surface area contributed by atoms with Gasteiger partial charge in [-0.05, 0) is 170 Å². The summed E-state index contributed by atoms with van der Waals surface area (Å²) in [6.45, 7) is 16.1. The van der Waals surface area contributed by atoms with Crippen LogP contribution in [0.3, 0.4) is 0 Å². The number of hydrogen-bond donors (Lipinski definition) is 4. The Balaban J connectivity index is 0.000000153. The Hall–Kier alpha value is -7.58. The van der Waals surface area contributed by atoms with Gasteiger partial charge >= 0.3 is 6.03 Å². The van der Waals surface area contributed by atoms with Gasteiger partial charge in [-0.3, -0.25) is 41.4 Å². The second-order valence-corrected chi connectivity index (χ2v) is 34.1. The van der Waals surface area contributed by atoms with Crippen LogP contribution in [0.15, 0.2) is 174 Å². The lowest BCUT2D eigenvalue weighted by molar-refractivity contribution is 0.0645. The minimum atomic E-state index is -3.50. The summed E-state index contributed by atoms with van der Waals surface area (Å²) < 4.78 is 83.0. The molecule has 10 heterocycles. The number of hydrogen-bond acceptors (Lipinski definition) is 19. The van der Waals surface area contributed by atoms with Gasteiger partial charge in [0.25, 0.3) is 5.91 Å². The number of rotatable bonds is 17. The Morgan fingerprint density at radius 3 is 1.26 bits per heavy atom. The molecule has 5 fully saturated rings. The number of nitrogens with zero attached hydrogens (tertiary/aromatic N) is 13. The highest BCUT2D eigenvalue weighted by Gasteiger charge is 2.36. The van der Waals surface area contributed by atoms with E-state index in [9.17, 15) is 34.8 Å². The highest BCUT2D eigenvalue weighted by atomic mass is 32.2. The number of anilines is 1. The van der Waals surface area contributed by atoms with Gasteiger partial charge in [0.05, 0.1) is 14.7 Å². The normalized spacial score (nSPS) is 17.8. The van der Waals surface area contributed by atoms with Crippen LogP contribution in [-0.2, 0) is 30.1 Å². The van der Waals surface area contributed by atoms with Gasteiger partial charge in [-0.15, -0.1) is 0 Å². The molecule has 7 N–H and O–H groups in total. The number of sulfonamides is 3. The molecule has 105 heavy (non-hydrogen) atoms. The number of carbonyl (C=O) groups excluding carboxylic acids is 2. The van der Waals surface area contributed by atoms with Crippen LogP contribution in [0.5, 0.6) is 0 Å². The fraction of sp³-hybridized carbons (Fsp3) is 0.494. The minimum absolute atomic E-state index is 0.00315. The zero-order chi connectivity index (χ0) is 75.3. The predicted octanol–water partition coefficient (Wildman–Crippen LogP) is 10.2. The lowest BCUT2D eigenvalue weighted by Crippen LogP contribution is -2.49. The molecule has 1 atom stereocenters. The van der Waals surface area contributed by atoms with E-state index in [0.29, 0.717) is 77.5 Å². The summed E-state index contributed by atoms with van der Waals surface area (Å²) in [7, 11) is -4.46. The van der Waals surface area contributed by atoms with Crippen LogP contribution in [0.2, 0.25) is 0 Å². The van der Waals surface area contributed by atoms with Gasteiger partial charge in [-0.25, -0.2) is 40.1 Å². The van der Waals surface area contributed by atoms with Crippen LogP contribution in [0.1, 0.15) is 122 Å². The van der Waals surface area contributed by atoms with Crippen molar-refractivity contribution in [2.75, 3.05) is 98.5 Å². The Bertz CT molecular complexity index is 4240. The van der Waals surface area contributed by atoms with E-state index in [-0.39, 0.29) is 24.0 Å². The molecule has 5 saturated heterocycles. The number of fused-ring (bicyclic) bond motifs is 3. The average Bonchev–Trinajstić information content (AvgIpc) is 0.787. The zero-order valence-corrected chi connectivity index (χ0v) is 64.5. The van der Waals surface area contributed by atoms with Gasteiger partial charge in [-0.2, -0.15) is 12.9 Å². The molecule has 1 unspecified atom stereocenters. The van der Waals surface area contributed by atoms with Gasteiger partial charge < -0.3 is 25.8 Å². The van der Waals surface area contributed by atoms with Gasteiger partial charge in [0.1, 0.15) is 0 Å². The van der Waals surface area contributed by atoms with E-state index >= 15 is 0 Å². The standard InChI is InChI=1S/C18H25N3O2S.C17H24N4O2S.C16H21N3O2S.C14H21N3O.C12H18N4O/c1-2-4-17(19)14-8-11-21(12-9-14)24(22,23)18-6-3-5-15-13-20-10-7-16(15)18;1-2-10-21(18)15-7-11-20(12-8-15)24(22,23)17-5-3-4-14-13-19-9-6-16(14)17;1-18(2)14-7-10-19(11-8-14)22(20,21)16-5-3-4-13-12-17-9-6-15(13)16;1-11(2)12-5-9-17(10-6-12)14(18)16-13-3-7-15-8-4-13;1-15(13)11-4-8-16(9-5-11)12(17)10-2-6-14-7-3-10/h3,5-7,10,13-14,17H,2,4,8-9,11-12,19H2,1H3;3-6,9,13,15H,2,7-8,10-12,18H2,1H3;3-6,9,12,14H,7-8,10-11H2,1-2H3;3-4,7-8,11-12H,5-6,9-10H2,1-2H3,(H,15,16,18);2-3,6-7,11H,4-5,8-9,13H2,1H3. The minimum Gasteiger partial charge on any atom is -0.339 e. The van der Waals surface area contributed by atoms with Crippen LogP contribution < -0.4 is 22.7 Å². The molecule has 0 saturated carbocycles. The molecule has 5 aliphatic heterocycles. The topological polar surface area (TPSA) is 317 Å². The van der Waals surface area contributed by atoms with Crippen molar-refractivity contribution in [1.29, 1.82) is 0 Å². The first-order valence-corrected chi connectivity index (χ1v) is 41.3. The summed E-state index contributed by atoms with van der Waals surface area (Å²) in [6, 6.07) is 29.7. The number of nitrogens with one attached hydrogen (secondary N) is 1. The molecule has 0 radical (unpaired) electrons. The molecular formula is C77H109N17O8S3.